The van der Waals surface area contributed by atoms with Crippen LogP contribution >= 0.6 is 23.2 Å². The molecule has 2 aromatic carbocycles. The zero-order chi connectivity index (χ0) is 23.9. The molecule has 1 aromatic heterocycles. The van der Waals surface area contributed by atoms with Gasteiger partial charge in [-0.1, -0.05) is 35.3 Å². The zero-order valence-corrected chi connectivity index (χ0v) is 18.4. The molecule has 0 aliphatic carbocycles. The highest BCUT2D eigenvalue weighted by atomic mass is 35.5. The molecule has 1 amide bonds. The Morgan fingerprint density at radius 2 is 1.91 bits per heavy atom. The third kappa shape index (κ3) is 4.58. The number of halogens is 6. The van der Waals surface area contributed by atoms with Gasteiger partial charge in [-0.25, -0.2) is 9.07 Å². The molecule has 1 aliphatic heterocycles. The molecule has 174 valence electrons. The van der Waals surface area contributed by atoms with Gasteiger partial charge >= 0.3 is 6.18 Å². The van der Waals surface area contributed by atoms with Crippen molar-refractivity contribution in [2.45, 2.75) is 24.7 Å². The van der Waals surface area contributed by atoms with E-state index in [1.54, 1.807) is 24.3 Å². The fourth-order valence-corrected chi connectivity index (χ4v) is 4.00. The number of carbonyl (C=O) groups is 1. The van der Waals surface area contributed by atoms with E-state index < -0.39 is 35.7 Å². The van der Waals surface area contributed by atoms with Crippen LogP contribution in [0.15, 0.2) is 42.5 Å². The summed E-state index contributed by atoms with van der Waals surface area (Å²) in [5, 5.41) is 8.72. The molecule has 0 saturated carbocycles. The van der Waals surface area contributed by atoms with Crippen molar-refractivity contribution in [2.24, 2.45) is 0 Å². The summed E-state index contributed by atoms with van der Waals surface area (Å²) in [5.74, 6) is -1.13. The number of hydrogen-bond donors (Lipinski definition) is 2. The lowest BCUT2D eigenvalue weighted by molar-refractivity contribution is -0.173. The SMILES string of the molecule is COc1ccc([C@@H]2C[C@H](C(F)(F)F)n3nc(C(=O)Nc4ccc(F)c(Cl)c4)c(Cl)c3N2)cc1. The molecule has 0 bridgehead atoms. The Morgan fingerprint density at radius 3 is 2.52 bits per heavy atom. The average molecular weight is 503 g/mol. The van der Waals surface area contributed by atoms with Gasteiger partial charge in [0.25, 0.3) is 5.91 Å². The van der Waals surface area contributed by atoms with E-state index in [1.165, 1.54) is 13.2 Å². The molecule has 0 unspecified atom stereocenters. The summed E-state index contributed by atoms with van der Waals surface area (Å²) in [6.07, 6.45) is -5.01. The predicted molar refractivity (Wildman–Crippen MR) is 116 cm³/mol. The summed E-state index contributed by atoms with van der Waals surface area (Å²) in [6.45, 7) is 0. The van der Waals surface area contributed by atoms with Gasteiger partial charge in [-0.15, -0.1) is 0 Å². The molecule has 2 N–H and O–H groups in total. The molecule has 1 aliphatic rings. The van der Waals surface area contributed by atoms with Crippen LogP contribution < -0.4 is 15.4 Å². The van der Waals surface area contributed by atoms with Gasteiger partial charge < -0.3 is 15.4 Å². The molecule has 33 heavy (non-hydrogen) atoms. The van der Waals surface area contributed by atoms with E-state index in [0.29, 0.717) is 16.0 Å². The number of benzene rings is 2. The van der Waals surface area contributed by atoms with Crippen molar-refractivity contribution < 1.29 is 27.1 Å². The number of rotatable bonds is 4. The summed E-state index contributed by atoms with van der Waals surface area (Å²) < 4.78 is 60.8. The third-order valence-electron chi connectivity index (χ3n) is 5.21. The Kier molecular flexibility index (Phi) is 6.15. The first kappa shape index (κ1) is 23.2. The van der Waals surface area contributed by atoms with Crippen molar-refractivity contribution in [3.05, 3.63) is 69.6 Å². The molecule has 2 heterocycles. The molecule has 0 saturated heterocycles. The number of hydrogen-bond acceptors (Lipinski definition) is 4. The molecular formula is C21H16Cl2F4N4O2. The smallest absolute Gasteiger partial charge is 0.410 e. The molecule has 6 nitrogen and oxygen atoms in total. The van der Waals surface area contributed by atoms with E-state index in [-0.39, 0.29) is 28.0 Å². The van der Waals surface area contributed by atoms with Gasteiger partial charge in [0.1, 0.15) is 22.4 Å². The van der Waals surface area contributed by atoms with E-state index in [2.05, 4.69) is 15.7 Å². The van der Waals surface area contributed by atoms with Crippen LogP contribution in [0.5, 0.6) is 5.75 Å². The Labute approximate surface area is 195 Å². The minimum Gasteiger partial charge on any atom is -0.497 e. The van der Waals surface area contributed by atoms with Gasteiger partial charge in [0.15, 0.2) is 11.7 Å². The number of nitrogens with zero attached hydrogens (tertiary/aromatic N) is 2. The van der Waals surface area contributed by atoms with Crippen molar-refractivity contribution in [1.82, 2.24) is 9.78 Å². The predicted octanol–water partition coefficient (Wildman–Crippen LogP) is 6.25. The maximum atomic E-state index is 13.9. The highest BCUT2D eigenvalue weighted by Gasteiger charge is 2.47. The van der Waals surface area contributed by atoms with E-state index >= 15 is 0 Å². The normalized spacial score (nSPS) is 17.8. The third-order valence-corrected chi connectivity index (χ3v) is 5.85. The summed E-state index contributed by atoms with van der Waals surface area (Å²) in [4.78, 5) is 12.7. The van der Waals surface area contributed by atoms with Crippen LogP contribution in [0.2, 0.25) is 10.0 Å². The van der Waals surface area contributed by atoms with Crippen molar-refractivity contribution in [2.75, 3.05) is 17.7 Å². The highest BCUT2D eigenvalue weighted by Crippen LogP contribution is 2.46. The molecular weight excluding hydrogens is 487 g/mol. The number of methoxy groups -OCH3 is 1. The first-order valence-corrected chi connectivity index (χ1v) is 10.4. The lowest BCUT2D eigenvalue weighted by Gasteiger charge is -2.33. The Morgan fingerprint density at radius 1 is 1.21 bits per heavy atom. The Bertz CT molecular complexity index is 1200. The van der Waals surface area contributed by atoms with Crippen LogP contribution in [0.25, 0.3) is 0 Å². The van der Waals surface area contributed by atoms with Crippen molar-refractivity contribution in [3.63, 3.8) is 0 Å². The number of nitrogens with one attached hydrogen (secondary N) is 2. The molecule has 0 spiro atoms. The lowest BCUT2D eigenvalue weighted by atomic mass is 9.97. The molecule has 12 heteroatoms. The number of carbonyl (C=O) groups excluding carboxylic acids is 1. The molecule has 4 rings (SSSR count). The van der Waals surface area contributed by atoms with Crippen molar-refractivity contribution in [3.8, 4) is 5.75 Å². The lowest BCUT2D eigenvalue weighted by Crippen LogP contribution is -2.35. The largest absolute Gasteiger partial charge is 0.497 e. The van der Waals surface area contributed by atoms with Crippen LogP contribution in [-0.2, 0) is 0 Å². The first-order chi connectivity index (χ1) is 15.6. The van der Waals surface area contributed by atoms with Gasteiger partial charge in [-0.2, -0.15) is 18.3 Å². The number of anilines is 2. The number of alkyl halides is 3. The first-order valence-electron chi connectivity index (χ1n) is 9.60. The van der Waals surface area contributed by atoms with Crippen LogP contribution in [0.4, 0.5) is 29.1 Å². The summed E-state index contributed by atoms with van der Waals surface area (Å²) in [7, 11) is 1.48. The van der Waals surface area contributed by atoms with Gasteiger partial charge in [-0.3, -0.25) is 4.79 Å². The summed E-state index contributed by atoms with van der Waals surface area (Å²) in [5.41, 5.74) is 0.301. The number of aromatic nitrogens is 2. The second kappa shape index (κ2) is 8.75. The van der Waals surface area contributed by atoms with Gasteiger partial charge in [0.05, 0.1) is 18.2 Å². The fraction of sp³-hybridized carbons (Fsp3) is 0.238. The van der Waals surface area contributed by atoms with E-state index in [9.17, 15) is 22.4 Å². The standard InChI is InChI=1S/C21H16Cl2F4N4O2/c1-33-12-5-2-10(3-6-12)15-9-16(21(25,26)27)31-19(29-15)17(23)18(30-31)20(32)28-11-4-7-14(24)13(22)8-11/h2-8,15-16,29H,9H2,1H3,(H,28,32)/t15-,16+/m0/s1. The molecule has 3 aromatic rings. The van der Waals surface area contributed by atoms with E-state index in [1.807, 2.05) is 0 Å². The average Bonchev–Trinajstić information content (AvgIpc) is 3.11. The number of amides is 1. The van der Waals surface area contributed by atoms with Crippen LogP contribution in [0, 0.1) is 5.82 Å². The van der Waals surface area contributed by atoms with Crippen molar-refractivity contribution in [1.29, 1.82) is 0 Å². The van der Waals surface area contributed by atoms with E-state index in [4.69, 9.17) is 27.9 Å². The minimum absolute atomic E-state index is 0.130. The Hall–Kier alpha value is -2.98. The zero-order valence-electron chi connectivity index (χ0n) is 16.9. The number of ether oxygens (including phenoxy) is 1. The second-order valence-electron chi connectivity index (χ2n) is 7.30. The van der Waals surface area contributed by atoms with Crippen LogP contribution in [0.1, 0.15) is 34.6 Å². The van der Waals surface area contributed by atoms with E-state index in [0.717, 1.165) is 12.1 Å². The van der Waals surface area contributed by atoms with Gasteiger partial charge in [-0.05, 0) is 35.9 Å². The summed E-state index contributed by atoms with van der Waals surface area (Å²) >= 11 is 12.0. The maximum Gasteiger partial charge on any atom is 0.410 e. The molecule has 2 atom stereocenters. The maximum absolute atomic E-state index is 13.9. The van der Waals surface area contributed by atoms with Gasteiger partial charge in [0, 0.05) is 12.1 Å². The van der Waals surface area contributed by atoms with Gasteiger partial charge in [0.2, 0.25) is 0 Å². The Balaban J connectivity index is 1.68. The second-order valence-corrected chi connectivity index (χ2v) is 8.09. The quantitative estimate of drug-likeness (QED) is 0.413. The minimum atomic E-state index is -4.64. The van der Waals surface area contributed by atoms with Crippen LogP contribution in [-0.4, -0.2) is 29.0 Å². The topological polar surface area (TPSA) is 68.2 Å². The molecule has 0 radical (unpaired) electrons. The molecule has 0 fully saturated rings. The van der Waals surface area contributed by atoms with Crippen molar-refractivity contribution >= 4 is 40.6 Å². The summed E-state index contributed by atoms with van der Waals surface area (Å²) in [6, 6.07) is 7.27. The van der Waals surface area contributed by atoms with Crippen LogP contribution in [0.3, 0.4) is 0 Å². The number of fused-ring (bicyclic) bond motifs is 1. The highest BCUT2D eigenvalue weighted by molar-refractivity contribution is 6.36. The monoisotopic (exact) mass is 502 g/mol. The fourth-order valence-electron chi connectivity index (χ4n) is 3.55.